The smallest absolute Gasteiger partial charge is 0.142 e. The highest BCUT2D eigenvalue weighted by atomic mass is 35.5. The summed E-state index contributed by atoms with van der Waals surface area (Å²) in [5.41, 5.74) is 0.984. The number of nitrogens with one attached hydrogen (secondary N) is 1. The van der Waals surface area contributed by atoms with Crippen molar-refractivity contribution in [2.75, 3.05) is 18.5 Å². The van der Waals surface area contributed by atoms with E-state index in [0.29, 0.717) is 6.61 Å². The molecule has 0 saturated heterocycles. The predicted octanol–water partition coefficient (Wildman–Crippen LogP) is 3.95. The van der Waals surface area contributed by atoms with E-state index in [4.69, 9.17) is 16.3 Å². The maximum Gasteiger partial charge on any atom is 0.142 e. The fourth-order valence-corrected chi connectivity index (χ4v) is 1.49. The average Bonchev–Trinajstić information content (AvgIpc) is 2.22. The molecule has 1 rings (SSSR count). The van der Waals surface area contributed by atoms with Gasteiger partial charge in [0, 0.05) is 11.6 Å². The van der Waals surface area contributed by atoms with Crippen LogP contribution in [-0.4, -0.2) is 13.2 Å². The van der Waals surface area contributed by atoms with E-state index in [1.54, 1.807) is 0 Å². The lowest BCUT2D eigenvalue weighted by atomic mass is 10.2. The highest BCUT2D eigenvalue weighted by molar-refractivity contribution is 6.30. The molecule has 0 aliphatic rings. The van der Waals surface area contributed by atoms with E-state index < -0.39 is 0 Å². The molecule has 0 atom stereocenters. The second kappa shape index (κ2) is 6.57. The summed E-state index contributed by atoms with van der Waals surface area (Å²) in [7, 11) is 0. The highest BCUT2D eigenvalue weighted by Crippen LogP contribution is 2.27. The molecule has 0 aliphatic carbocycles. The van der Waals surface area contributed by atoms with E-state index in [9.17, 15) is 0 Å². The Morgan fingerprint density at radius 2 is 2.13 bits per heavy atom. The van der Waals surface area contributed by atoms with Crippen LogP contribution >= 0.6 is 11.6 Å². The molecule has 0 radical (unpaired) electrons. The summed E-state index contributed by atoms with van der Waals surface area (Å²) < 4.78 is 5.50. The van der Waals surface area contributed by atoms with Crippen LogP contribution in [0, 0.1) is 0 Å². The van der Waals surface area contributed by atoms with Gasteiger partial charge < -0.3 is 10.1 Å². The zero-order valence-corrected chi connectivity index (χ0v) is 10.1. The van der Waals surface area contributed by atoms with Crippen LogP contribution in [0.5, 0.6) is 5.75 Å². The molecule has 1 N–H and O–H groups in total. The lowest BCUT2D eigenvalue weighted by molar-refractivity contribution is 0.341. The Morgan fingerprint density at radius 1 is 1.33 bits per heavy atom. The Morgan fingerprint density at radius 3 is 2.80 bits per heavy atom. The second-order valence-corrected chi connectivity index (χ2v) is 3.79. The molecule has 0 saturated carbocycles. The van der Waals surface area contributed by atoms with Crippen LogP contribution < -0.4 is 10.1 Å². The van der Waals surface area contributed by atoms with Gasteiger partial charge in [0.25, 0.3) is 0 Å². The molecule has 0 bridgehead atoms. The van der Waals surface area contributed by atoms with E-state index >= 15 is 0 Å². The zero-order valence-electron chi connectivity index (χ0n) is 9.35. The maximum atomic E-state index is 5.93. The molecule has 1 aromatic carbocycles. The summed E-state index contributed by atoms with van der Waals surface area (Å²) in [6.07, 6.45) is 2.33. The molecule has 0 unspecified atom stereocenters. The van der Waals surface area contributed by atoms with Crippen LogP contribution in [0.25, 0.3) is 0 Å². The molecule has 15 heavy (non-hydrogen) atoms. The number of rotatable bonds is 6. The third-order valence-corrected chi connectivity index (χ3v) is 2.32. The van der Waals surface area contributed by atoms with E-state index in [1.807, 2.05) is 25.1 Å². The first kappa shape index (κ1) is 12.2. The van der Waals surface area contributed by atoms with Gasteiger partial charge in [-0.25, -0.2) is 0 Å². The molecule has 3 heteroatoms. The number of benzene rings is 1. The van der Waals surface area contributed by atoms with Crippen molar-refractivity contribution in [1.29, 1.82) is 0 Å². The predicted molar refractivity (Wildman–Crippen MR) is 66.0 cm³/mol. The van der Waals surface area contributed by atoms with E-state index in [1.165, 1.54) is 6.42 Å². The van der Waals surface area contributed by atoms with Gasteiger partial charge in [0.05, 0.1) is 12.3 Å². The molecule has 0 spiro atoms. The van der Waals surface area contributed by atoms with Crippen LogP contribution in [0.3, 0.4) is 0 Å². The summed E-state index contributed by atoms with van der Waals surface area (Å²) in [6, 6.07) is 5.65. The Bertz CT molecular complexity index is 302. The minimum atomic E-state index is 0.671. The number of unbranched alkanes of at least 4 members (excludes halogenated alkanes) is 1. The van der Waals surface area contributed by atoms with Crippen molar-refractivity contribution in [1.82, 2.24) is 0 Å². The van der Waals surface area contributed by atoms with Crippen LogP contribution in [0.15, 0.2) is 18.2 Å². The van der Waals surface area contributed by atoms with Crippen LogP contribution in [0.2, 0.25) is 5.02 Å². The summed E-state index contributed by atoms with van der Waals surface area (Å²) in [4.78, 5) is 0. The zero-order chi connectivity index (χ0) is 11.1. The molecule has 0 heterocycles. The van der Waals surface area contributed by atoms with Crippen LogP contribution in [0.1, 0.15) is 26.7 Å². The summed E-state index contributed by atoms with van der Waals surface area (Å²) in [5.74, 6) is 0.873. The summed E-state index contributed by atoms with van der Waals surface area (Å²) in [6.45, 7) is 5.77. The molecule has 2 nitrogen and oxygen atoms in total. The molecular formula is C12H18ClNO. The van der Waals surface area contributed by atoms with Gasteiger partial charge in [0.2, 0.25) is 0 Å². The summed E-state index contributed by atoms with van der Waals surface area (Å²) in [5, 5.41) is 4.06. The largest absolute Gasteiger partial charge is 0.492 e. The number of hydrogen-bond acceptors (Lipinski definition) is 2. The number of anilines is 1. The minimum Gasteiger partial charge on any atom is -0.492 e. The third-order valence-electron chi connectivity index (χ3n) is 2.09. The van der Waals surface area contributed by atoms with E-state index in [-0.39, 0.29) is 0 Å². The Balaban J connectivity index is 2.68. The first-order chi connectivity index (χ1) is 7.27. The van der Waals surface area contributed by atoms with Crippen LogP contribution in [0.4, 0.5) is 5.69 Å². The fraction of sp³-hybridized carbons (Fsp3) is 0.500. The third kappa shape index (κ3) is 4.00. The molecule has 0 aliphatic heterocycles. The summed E-state index contributed by atoms with van der Waals surface area (Å²) >= 11 is 5.93. The highest BCUT2D eigenvalue weighted by Gasteiger charge is 2.03. The first-order valence-corrected chi connectivity index (χ1v) is 5.82. The van der Waals surface area contributed by atoms with Gasteiger partial charge in [0.1, 0.15) is 5.75 Å². The van der Waals surface area contributed by atoms with Crippen molar-refractivity contribution in [2.45, 2.75) is 26.7 Å². The van der Waals surface area contributed by atoms with Crippen molar-refractivity contribution in [3.63, 3.8) is 0 Å². The molecule has 0 aromatic heterocycles. The Hall–Kier alpha value is -0.890. The maximum absolute atomic E-state index is 5.93. The SMILES string of the molecule is CCCCNc1cc(Cl)ccc1OCC. The lowest BCUT2D eigenvalue weighted by Crippen LogP contribution is -2.03. The van der Waals surface area contributed by atoms with Gasteiger partial charge in [-0.2, -0.15) is 0 Å². The van der Waals surface area contributed by atoms with Gasteiger partial charge in [-0.15, -0.1) is 0 Å². The van der Waals surface area contributed by atoms with Gasteiger partial charge in [-0.05, 0) is 31.5 Å². The normalized spacial score (nSPS) is 10.1. The molecule has 84 valence electrons. The van der Waals surface area contributed by atoms with Crippen LogP contribution in [-0.2, 0) is 0 Å². The fourth-order valence-electron chi connectivity index (χ4n) is 1.32. The topological polar surface area (TPSA) is 21.3 Å². The quantitative estimate of drug-likeness (QED) is 0.743. The van der Waals surface area contributed by atoms with E-state index in [0.717, 1.165) is 29.4 Å². The standard InChI is InChI=1S/C12H18ClNO/c1-3-5-8-14-11-9-10(13)6-7-12(11)15-4-2/h6-7,9,14H,3-5,8H2,1-2H3. The molecular weight excluding hydrogens is 210 g/mol. The average molecular weight is 228 g/mol. The minimum absolute atomic E-state index is 0.671. The molecule has 1 aromatic rings. The van der Waals surface area contributed by atoms with Crippen molar-refractivity contribution in [3.8, 4) is 5.75 Å². The number of ether oxygens (including phenoxy) is 1. The van der Waals surface area contributed by atoms with Crippen molar-refractivity contribution in [3.05, 3.63) is 23.2 Å². The number of hydrogen-bond donors (Lipinski definition) is 1. The Kier molecular flexibility index (Phi) is 5.33. The van der Waals surface area contributed by atoms with Crippen molar-refractivity contribution in [2.24, 2.45) is 0 Å². The van der Waals surface area contributed by atoms with Gasteiger partial charge >= 0.3 is 0 Å². The first-order valence-electron chi connectivity index (χ1n) is 5.44. The van der Waals surface area contributed by atoms with Crippen molar-refractivity contribution >= 4 is 17.3 Å². The van der Waals surface area contributed by atoms with Gasteiger partial charge in [-0.1, -0.05) is 24.9 Å². The Labute approximate surface area is 96.6 Å². The molecule has 0 amide bonds. The molecule has 0 fully saturated rings. The lowest BCUT2D eigenvalue weighted by Gasteiger charge is -2.12. The van der Waals surface area contributed by atoms with Gasteiger partial charge in [-0.3, -0.25) is 0 Å². The van der Waals surface area contributed by atoms with Gasteiger partial charge in [0.15, 0.2) is 0 Å². The monoisotopic (exact) mass is 227 g/mol. The van der Waals surface area contributed by atoms with E-state index in [2.05, 4.69) is 12.2 Å². The number of halogens is 1. The second-order valence-electron chi connectivity index (χ2n) is 3.35. The van der Waals surface area contributed by atoms with Crippen molar-refractivity contribution < 1.29 is 4.74 Å².